The molecule has 24 heavy (non-hydrogen) atoms. The van der Waals surface area contributed by atoms with Crippen molar-refractivity contribution >= 4 is 27.3 Å². The highest BCUT2D eigenvalue weighted by Crippen LogP contribution is 2.34. The zero-order chi connectivity index (χ0) is 17.3. The first-order valence-electron chi connectivity index (χ1n) is 8.69. The molecule has 1 unspecified atom stereocenters. The molecule has 1 saturated heterocycles. The van der Waals surface area contributed by atoms with Crippen molar-refractivity contribution in [2.24, 2.45) is 0 Å². The van der Waals surface area contributed by atoms with E-state index in [0.717, 1.165) is 58.9 Å². The second kappa shape index (κ2) is 7.11. The average molecular weight is 346 g/mol. The molecule has 2 aromatic rings. The van der Waals surface area contributed by atoms with E-state index in [4.69, 9.17) is 4.74 Å². The monoisotopic (exact) mass is 346 g/mol. The lowest BCUT2D eigenvalue weighted by molar-refractivity contribution is 0.0782. The number of hydrogen-bond acceptors (Lipinski definition) is 4. The van der Waals surface area contributed by atoms with E-state index in [1.54, 1.807) is 18.4 Å². The summed E-state index contributed by atoms with van der Waals surface area (Å²) in [4.78, 5) is 18.4. The topological polar surface area (TPSA) is 32.8 Å². The number of aryl methyl sites for hydroxylation is 1. The maximum Gasteiger partial charge on any atom is 0.264 e. The van der Waals surface area contributed by atoms with Gasteiger partial charge in [-0.1, -0.05) is 13.8 Å². The standard InChI is InChI=1S/C19H26N2O2S/c1-5-20(6-2)14-9-10-21(12-14)19(22)18-13(3)16-11-15(23-4)7-8-17(16)24-18/h7-8,11,14H,5-6,9-10,12H2,1-4H3. The summed E-state index contributed by atoms with van der Waals surface area (Å²) in [5.74, 6) is 1.02. The largest absolute Gasteiger partial charge is 0.497 e. The van der Waals surface area contributed by atoms with Gasteiger partial charge in [0.1, 0.15) is 5.75 Å². The molecule has 5 heteroatoms. The van der Waals surface area contributed by atoms with Gasteiger partial charge in [-0.15, -0.1) is 11.3 Å². The van der Waals surface area contributed by atoms with E-state index < -0.39 is 0 Å². The third-order valence-corrected chi connectivity index (χ3v) is 6.38. The van der Waals surface area contributed by atoms with Gasteiger partial charge in [0.2, 0.25) is 0 Å². The minimum absolute atomic E-state index is 0.183. The number of rotatable bonds is 5. The first-order valence-corrected chi connectivity index (χ1v) is 9.51. The molecule has 0 aliphatic carbocycles. The summed E-state index contributed by atoms with van der Waals surface area (Å²) >= 11 is 1.60. The number of nitrogens with zero attached hydrogens (tertiary/aromatic N) is 2. The molecule has 1 amide bonds. The highest BCUT2D eigenvalue weighted by Gasteiger charge is 2.31. The molecule has 1 aromatic heterocycles. The van der Waals surface area contributed by atoms with Crippen LogP contribution in [0.2, 0.25) is 0 Å². The number of ether oxygens (including phenoxy) is 1. The van der Waals surface area contributed by atoms with Crippen molar-refractivity contribution in [3.63, 3.8) is 0 Å². The molecule has 0 saturated carbocycles. The van der Waals surface area contributed by atoms with Gasteiger partial charge in [-0.3, -0.25) is 9.69 Å². The van der Waals surface area contributed by atoms with E-state index >= 15 is 0 Å². The Labute approximate surface area is 148 Å². The summed E-state index contributed by atoms with van der Waals surface area (Å²) in [6.45, 7) is 10.2. The third-order valence-electron chi connectivity index (χ3n) is 5.12. The predicted octanol–water partition coefficient (Wildman–Crippen LogP) is 3.77. The molecule has 1 aromatic carbocycles. The second-order valence-electron chi connectivity index (χ2n) is 6.33. The minimum Gasteiger partial charge on any atom is -0.497 e. The first kappa shape index (κ1) is 17.2. The van der Waals surface area contributed by atoms with Crippen LogP contribution in [0, 0.1) is 6.92 Å². The Bertz CT molecular complexity index is 736. The number of carbonyl (C=O) groups is 1. The van der Waals surface area contributed by atoms with Gasteiger partial charge in [-0.25, -0.2) is 0 Å². The summed E-state index contributed by atoms with van der Waals surface area (Å²) in [5.41, 5.74) is 1.07. The van der Waals surface area contributed by atoms with Gasteiger partial charge in [0, 0.05) is 23.8 Å². The number of amides is 1. The van der Waals surface area contributed by atoms with Gasteiger partial charge in [0.05, 0.1) is 12.0 Å². The van der Waals surface area contributed by atoms with Crippen LogP contribution in [-0.4, -0.2) is 55.0 Å². The van der Waals surface area contributed by atoms with Gasteiger partial charge >= 0.3 is 0 Å². The molecule has 1 atom stereocenters. The van der Waals surface area contributed by atoms with Crippen molar-refractivity contribution in [1.82, 2.24) is 9.80 Å². The quantitative estimate of drug-likeness (QED) is 0.826. The number of likely N-dealkylation sites (N-methyl/N-ethyl adjacent to an activating group) is 1. The average Bonchev–Trinajstić information content (AvgIpc) is 3.21. The number of fused-ring (bicyclic) bond motifs is 1. The summed E-state index contributed by atoms with van der Waals surface area (Å²) in [7, 11) is 1.67. The normalized spacial score (nSPS) is 17.9. The van der Waals surface area contributed by atoms with Crippen LogP contribution in [0.5, 0.6) is 5.75 Å². The second-order valence-corrected chi connectivity index (χ2v) is 7.39. The molecule has 3 rings (SSSR count). The molecule has 0 N–H and O–H groups in total. The smallest absolute Gasteiger partial charge is 0.264 e. The lowest BCUT2D eigenvalue weighted by Crippen LogP contribution is -2.38. The number of thiophene rings is 1. The Morgan fingerprint density at radius 1 is 1.38 bits per heavy atom. The molecular formula is C19H26N2O2S. The Kier molecular flexibility index (Phi) is 5.11. The van der Waals surface area contributed by atoms with Crippen molar-refractivity contribution in [2.45, 2.75) is 33.2 Å². The summed E-state index contributed by atoms with van der Waals surface area (Å²) in [6.07, 6.45) is 1.07. The van der Waals surface area contributed by atoms with Crippen molar-refractivity contribution in [3.05, 3.63) is 28.6 Å². The molecule has 0 radical (unpaired) electrons. The van der Waals surface area contributed by atoms with Gasteiger partial charge in [-0.05, 0) is 55.6 Å². The maximum atomic E-state index is 13.0. The lowest BCUT2D eigenvalue weighted by Gasteiger charge is -2.26. The molecule has 130 valence electrons. The third kappa shape index (κ3) is 3.03. The summed E-state index contributed by atoms with van der Waals surface area (Å²) in [6, 6.07) is 6.53. The van der Waals surface area contributed by atoms with Gasteiger partial charge in [0.25, 0.3) is 5.91 Å². The molecular weight excluding hydrogens is 320 g/mol. The maximum absolute atomic E-state index is 13.0. The van der Waals surface area contributed by atoms with Crippen LogP contribution in [0.25, 0.3) is 10.1 Å². The Morgan fingerprint density at radius 3 is 2.79 bits per heavy atom. The fourth-order valence-corrected chi connectivity index (χ4v) is 4.80. The van der Waals surface area contributed by atoms with Crippen molar-refractivity contribution in [1.29, 1.82) is 0 Å². The highest BCUT2D eigenvalue weighted by atomic mass is 32.1. The molecule has 1 aliphatic rings. The summed E-state index contributed by atoms with van der Waals surface area (Å²) < 4.78 is 6.46. The molecule has 2 heterocycles. The number of likely N-dealkylation sites (tertiary alicyclic amines) is 1. The fourth-order valence-electron chi connectivity index (χ4n) is 3.64. The SMILES string of the molecule is CCN(CC)C1CCN(C(=O)c2sc3ccc(OC)cc3c2C)C1. The highest BCUT2D eigenvalue weighted by molar-refractivity contribution is 7.21. The number of methoxy groups -OCH3 is 1. The number of carbonyl (C=O) groups excluding carboxylic acids is 1. The van der Waals surface area contributed by atoms with E-state index in [1.165, 1.54) is 0 Å². The molecule has 1 aliphatic heterocycles. The molecule has 0 bridgehead atoms. The Morgan fingerprint density at radius 2 is 2.12 bits per heavy atom. The number of hydrogen-bond donors (Lipinski definition) is 0. The van der Waals surface area contributed by atoms with Crippen molar-refractivity contribution in [3.8, 4) is 5.75 Å². The predicted molar refractivity (Wildman–Crippen MR) is 100 cm³/mol. The van der Waals surface area contributed by atoms with Crippen LogP contribution in [0.4, 0.5) is 0 Å². The van der Waals surface area contributed by atoms with Crippen LogP contribution >= 0.6 is 11.3 Å². The van der Waals surface area contributed by atoms with E-state index in [1.807, 2.05) is 30.0 Å². The molecule has 4 nitrogen and oxygen atoms in total. The molecule has 0 spiro atoms. The lowest BCUT2D eigenvalue weighted by atomic mass is 10.1. The van der Waals surface area contributed by atoms with Crippen molar-refractivity contribution in [2.75, 3.05) is 33.3 Å². The van der Waals surface area contributed by atoms with Crippen LogP contribution in [-0.2, 0) is 0 Å². The van der Waals surface area contributed by atoms with E-state index in [0.29, 0.717) is 6.04 Å². The van der Waals surface area contributed by atoms with Gasteiger partial charge in [0.15, 0.2) is 0 Å². The summed E-state index contributed by atoms with van der Waals surface area (Å²) in [5, 5.41) is 1.13. The number of benzene rings is 1. The van der Waals surface area contributed by atoms with Crippen LogP contribution in [0.3, 0.4) is 0 Å². The van der Waals surface area contributed by atoms with Crippen LogP contribution in [0.15, 0.2) is 18.2 Å². The fraction of sp³-hybridized carbons (Fsp3) is 0.526. The Hall–Kier alpha value is -1.59. The van der Waals surface area contributed by atoms with E-state index in [-0.39, 0.29) is 5.91 Å². The van der Waals surface area contributed by atoms with Gasteiger partial charge in [-0.2, -0.15) is 0 Å². The van der Waals surface area contributed by atoms with E-state index in [2.05, 4.69) is 18.7 Å². The zero-order valence-corrected chi connectivity index (χ0v) is 15.8. The first-order chi connectivity index (χ1) is 11.6. The van der Waals surface area contributed by atoms with E-state index in [9.17, 15) is 4.79 Å². The minimum atomic E-state index is 0.183. The van der Waals surface area contributed by atoms with Crippen LogP contribution < -0.4 is 4.74 Å². The zero-order valence-electron chi connectivity index (χ0n) is 15.0. The molecule has 1 fully saturated rings. The van der Waals surface area contributed by atoms with Gasteiger partial charge < -0.3 is 9.64 Å². The van der Waals surface area contributed by atoms with Crippen LogP contribution in [0.1, 0.15) is 35.5 Å². The Balaban J connectivity index is 1.83. The van der Waals surface area contributed by atoms with Crippen molar-refractivity contribution < 1.29 is 9.53 Å².